The molecule has 4 aromatic rings. The molecule has 5 rings (SSSR count). The number of benzene rings is 2. The number of hydrogen-bond acceptors (Lipinski definition) is 4. The van der Waals surface area contributed by atoms with Gasteiger partial charge >= 0.3 is 0 Å². The first kappa shape index (κ1) is 18.4. The maximum atomic E-state index is 6.55. The number of nitrogens with zero attached hydrogens (tertiary/aromatic N) is 1. The fourth-order valence-electron chi connectivity index (χ4n) is 3.55. The van der Waals surface area contributed by atoms with Crippen LogP contribution >= 0.6 is 23.4 Å². The molecular weight excluding hydrogens is 402 g/mol. The molecule has 4 nitrogen and oxygen atoms in total. The van der Waals surface area contributed by atoms with Crippen molar-refractivity contribution < 1.29 is 4.74 Å². The van der Waals surface area contributed by atoms with Gasteiger partial charge < -0.3 is 15.5 Å². The van der Waals surface area contributed by atoms with Gasteiger partial charge in [-0.3, -0.25) is 0 Å². The minimum atomic E-state index is 0.267. The Morgan fingerprint density at radius 2 is 1.69 bits per heavy atom. The molecule has 0 saturated carbocycles. The SMILES string of the molecule is Nc1ccc(-c2ccc(-c3nc4cc(OC5CCSC5)[nH]c4cc3Cl)cc2)cc1. The van der Waals surface area contributed by atoms with Crippen LogP contribution in [0.15, 0.2) is 60.7 Å². The van der Waals surface area contributed by atoms with Crippen molar-refractivity contribution in [1.29, 1.82) is 0 Å². The van der Waals surface area contributed by atoms with E-state index < -0.39 is 0 Å². The van der Waals surface area contributed by atoms with E-state index in [1.165, 1.54) is 0 Å². The van der Waals surface area contributed by atoms with Gasteiger partial charge in [0.2, 0.25) is 0 Å². The summed E-state index contributed by atoms with van der Waals surface area (Å²) in [7, 11) is 0. The van der Waals surface area contributed by atoms with Crippen LogP contribution in [-0.4, -0.2) is 27.6 Å². The van der Waals surface area contributed by atoms with Crippen LogP contribution in [0.2, 0.25) is 5.02 Å². The van der Waals surface area contributed by atoms with Crippen molar-refractivity contribution >= 4 is 40.1 Å². The van der Waals surface area contributed by atoms with Gasteiger partial charge in [-0.2, -0.15) is 11.8 Å². The number of fused-ring (bicyclic) bond motifs is 1. The fraction of sp³-hybridized carbons (Fsp3) is 0.174. The van der Waals surface area contributed by atoms with E-state index in [-0.39, 0.29) is 6.10 Å². The van der Waals surface area contributed by atoms with Crippen LogP contribution in [0.1, 0.15) is 6.42 Å². The maximum absolute atomic E-state index is 6.55. The smallest absolute Gasteiger partial charge is 0.193 e. The quantitative estimate of drug-likeness (QED) is 0.395. The lowest BCUT2D eigenvalue weighted by Gasteiger charge is -2.09. The summed E-state index contributed by atoms with van der Waals surface area (Å²) >= 11 is 8.48. The van der Waals surface area contributed by atoms with E-state index >= 15 is 0 Å². The molecule has 1 saturated heterocycles. The molecule has 1 aliphatic heterocycles. The molecule has 6 heteroatoms. The van der Waals surface area contributed by atoms with Gasteiger partial charge in [0.05, 0.1) is 21.7 Å². The summed E-state index contributed by atoms with van der Waals surface area (Å²) in [6.45, 7) is 0. The van der Waals surface area contributed by atoms with Crippen molar-refractivity contribution in [1.82, 2.24) is 9.97 Å². The molecule has 2 aromatic carbocycles. The van der Waals surface area contributed by atoms with E-state index in [1.807, 2.05) is 60.3 Å². The van der Waals surface area contributed by atoms with Gasteiger partial charge in [0.15, 0.2) is 5.88 Å². The van der Waals surface area contributed by atoms with Crippen LogP contribution in [0.25, 0.3) is 33.4 Å². The van der Waals surface area contributed by atoms with Crippen LogP contribution in [-0.2, 0) is 0 Å². The summed E-state index contributed by atoms with van der Waals surface area (Å²) in [4.78, 5) is 8.08. The third kappa shape index (κ3) is 3.80. The molecule has 1 unspecified atom stereocenters. The van der Waals surface area contributed by atoms with Crippen molar-refractivity contribution in [2.45, 2.75) is 12.5 Å². The molecule has 2 aromatic heterocycles. The topological polar surface area (TPSA) is 63.9 Å². The highest BCUT2D eigenvalue weighted by molar-refractivity contribution is 7.99. The van der Waals surface area contributed by atoms with Gasteiger partial charge in [0.25, 0.3) is 0 Å². The molecule has 0 aliphatic carbocycles. The molecule has 0 bridgehead atoms. The number of thioether (sulfide) groups is 1. The van der Waals surface area contributed by atoms with E-state index in [4.69, 9.17) is 27.1 Å². The van der Waals surface area contributed by atoms with E-state index in [9.17, 15) is 0 Å². The molecule has 1 fully saturated rings. The number of pyridine rings is 1. The molecule has 3 heterocycles. The minimum absolute atomic E-state index is 0.267. The predicted octanol–water partition coefficient (Wildman–Crippen LogP) is 6.02. The van der Waals surface area contributed by atoms with Gasteiger partial charge in [-0.05, 0) is 41.5 Å². The average molecular weight is 422 g/mol. The number of aromatic amines is 1. The Hall–Kier alpha value is -2.63. The lowest BCUT2D eigenvalue weighted by molar-refractivity contribution is 0.222. The number of hydrogen-bond donors (Lipinski definition) is 2. The van der Waals surface area contributed by atoms with Crippen LogP contribution in [0.3, 0.4) is 0 Å². The van der Waals surface area contributed by atoms with Gasteiger partial charge in [-0.25, -0.2) is 4.98 Å². The Morgan fingerprint density at radius 1 is 1.00 bits per heavy atom. The third-order valence-corrected chi connectivity index (χ3v) is 6.54. The van der Waals surface area contributed by atoms with Crippen molar-refractivity contribution in [3.8, 4) is 28.3 Å². The highest BCUT2D eigenvalue weighted by Gasteiger charge is 2.18. The second-order valence-corrected chi connectivity index (χ2v) is 8.75. The average Bonchev–Trinajstić information content (AvgIpc) is 3.37. The first-order chi connectivity index (χ1) is 14.2. The van der Waals surface area contributed by atoms with Crippen molar-refractivity contribution in [2.24, 2.45) is 0 Å². The standard InChI is InChI=1S/C23H20ClN3OS/c24-19-11-20-21(12-22(26-20)28-18-9-10-29-13-18)27-23(19)16-3-1-14(2-4-16)15-5-7-17(25)8-6-15/h1-8,11-12,18,26H,9-10,13,25H2. The van der Waals surface area contributed by atoms with Gasteiger partial charge in [0.1, 0.15) is 6.10 Å². The normalized spacial score (nSPS) is 16.4. The number of H-pyrrole nitrogens is 1. The predicted molar refractivity (Wildman–Crippen MR) is 123 cm³/mol. The Kier molecular flexibility index (Phi) is 4.86. The highest BCUT2D eigenvalue weighted by Crippen LogP contribution is 2.33. The number of nitrogens with two attached hydrogens (primary N) is 1. The van der Waals surface area contributed by atoms with Gasteiger partial charge in [-0.15, -0.1) is 0 Å². The summed E-state index contributed by atoms with van der Waals surface area (Å²) in [6, 6.07) is 20.0. The lowest BCUT2D eigenvalue weighted by Crippen LogP contribution is -2.14. The van der Waals surface area contributed by atoms with E-state index in [0.717, 1.165) is 62.9 Å². The number of rotatable bonds is 4. The second kappa shape index (κ2) is 7.65. The number of aromatic nitrogens is 2. The molecule has 1 atom stereocenters. The molecule has 0 radical (unpaired) electrons. The van der Waals surface area contributed by atoms with Crippen LogP contribution in [0.4, 0.5) is 5.69 Å². The zero-order valence-electron chi connectivity index (χ0n) is 15.7. The van der Waals surface area contributed by atoms with Gasteiger partial charge in [-0.1, -0.05) is 48.0 Å². The van der Waals surface area contributed by atoms with E-state index in [0.29, 0.717) is 5.02 Å². The molecule has 3 N–H and O–H groups in total. The van der Waals surface area contributed by atoms with Crippen molar-refractivity contribution in [3.05, 3.63) is 65.7 Å². The molecule has 29 heavy (non-hydrogen) atoms. The lowest BCUT2D eigenvalue weighted by atomic mass is 10.0. The zero-order valence-corrected chi connectivity index (χ0v) is 17.3. The molecule has 1 aliphatic rings. The van der Waals surface area contributed by atoms with E-state index in [2.05, 4.69) is 17.1 Å². The number of nitrogens with one attached hydrogen (secondary N) is 1. The Bertz CT molecular complexity index is 1150. The van der Waals surface area contributed by atoms with E-state index in [1.54, 1.807) is 0 Å². The summed E-state index contributed by atoms with van der Waals surface area (Å²) in [6.07, 6.45) is 1.35. The van der Waals surface area contributed by atoms with Crippen LogP contribution in [0.5, 0.6) is 5.88 Å². The number of halogens is 1. The van der Waals surface area contributed by atoms with Crippen LogP contribution in [0, 0.1) is 0 Å². The zero-order chi connectivity index (χ0) is 19.8. The summed E-state index contributed by atoms with van der Waals surface area (Å²) < 4.78 is 6.05. The van der Waals surface area contributed by atoms with Crippen molar-refractivity contribution in [3.63, 3.8) is 0 Å². The number of anilines is 1. The minimum Gasteiger partial charge on any atom is -0.475 e. The fourth-order valence-corrected chi connectivity index (χ4v) is 4.91. The second-order valence-electron chi connectivity index (χ2n) is 7.19. The Morgan fingerprint density at radius 3 is 2.38 bits per heavy atom. The molecular formula is C23H20ClN3OS. The van der Waals surface area contributed by atoms with Gasteiger partial charge in [0, 0.05) is 23.1 Å². The summed E-state index contributed by atoms with van der Waals surface area (Å²) in [5, 5.41) is 0.613. The summed E-state index contributed by atoms with van der Waals surface area (Å²) in [5.41, 5.74) is 12.3. The Balaban J connectivity index is 1.44. The first-order valence-electron chi connectivity index (χ1n) is 9.56. The summed E-state index contributed by atoms with van der Waals surface area (Å²) in [5.74, 6) is 2.95. The largest absolute Gasteiger partial charge is 0.475 e. The molecule has 0 spiro atoms. The number of nitrogen functional groups attached to an aromatic ring is 1. The third-order valence-electron chi connectivity index (χ3n) is 5.12. The monoisotopic (exact) mass is 421 g/mol. The molecule has 146 valence electrons. The highest BCUT2D eigenvalue weighted by atomic mass is 35.5. The first-order valence-corrected chi connectivity index (χ1v) is 11.1. The van der Waals surface area contributed by atoms with Crippen molar-refractivity contribution in [2.75, 3.05) is 17.2 Å². The Labute approximate surface area is 178 Å². The van der Waals surface area contributed by atoms with Crippen LogP contribution < -0.4 is 10.5 Å². The number of ether oxygens (including phenoxy) is 1. The molecule has 0 amide bonds. The maximum Gasteiger partial charge on any atom is 0.193 e.